The maximum absolute atomic E-state index is 5.41. The average Bonchev–Trinajstić information content (AvgIpc) is 2.14. The summed E-state index contributed by atoms with van der Waals surface area (Å²) in [6, 6.07) is 0. The zero-order chi connectivity index (χ0) is 12.2. The molecule has 0 atom stereocenters. The topological polar surface area (TPSA) is 24.5 Å². The van der Waals surface area contributed by atoms with Crippen molar-refractivity contribution in [1.82, 2.24) is 10.2 Å². The summed E-state index contributed by atoms with van der Waals surface area (Å²) >= 11 is 0. The van der Waals surface area contributed by atoms with Gasteiger partial charge in [-0.25, -0.2) is 0 Å². The van der Waals surface area contributed by atoms with Crippen LogP contribution in [0.3, 0.4) is 0 Å². The highest BCUT2D eigenvalue weighted by Gasteiger charge is 2.38. The van der Waals surface area contributed by atoms with Crippen LogP contribution >= 0.6 is 0 Å². The van der Waals surface area contributed by atoms with Crippen molar-refractivity contribution in [2.24, 2.45) is 0 Å². The predicted octanol–water partition coefficient (Wildman–Crippen LogP) is 1.88. The lowest BCUT2D eigenvalue weighted by molar-refractivity contribution is 0.0129. The van der Waals surface area contributed by atoms with Gasteiger partial charge >= 0.3 is 0 Å². The van der Waals surface area contributed by atoms with Crippen LogP contribution in [0.5, 0.6) is 0 Å². The fourth-order valence-electron chi connectivity index (χ4n) is 2.18. The molecule has 0 radical (unpaired) electrons. The molecule has 16 heavy (non-hydrogen) atoms. The second-order valence-electron chi connectivity index (χ2n) is 5.86. The third kappa shape index (κ3) is 3.44. The van der Waals surface area contributed by atoms with Crippen molar-refractivity contribution in [2.45, 2.75) is 50.7 Å². The Morgan fingerprint density at radius 2 is 1.94 bits per heavy atom. The molecule has 0 aromatic heterocycles. The number of hydrogen-bond donors (Lipinski definition) is 1. The number of nitrogens with zero attached hydrogens (tertiary/aromatic N) is 1. The third-order valence-electron chi connectivity index (χ3n) is 4.14. The fraction of sp³-hybridized carbons (Fsp3) is 1.00. The average molecular weight is 228 g/mol. The molecule has 3 heteroatoms. The van der Waals surface area contributed by atoms with Crippen LogP contribution in [-0.4, -0.2) is 50.3 Å². The molecule has 0 aromatic rings. The Morgan fingerprint density at radius 3 is 2.31 bits per heavy atom. The Labute approximate surface area is 101 Å². The Hall–Kier alpha value is -0.120. The summed E-state index contributed by atoms with van der Waals surface area (Å²) in [6.07, 6.45) is 5.11. The van der Waals surface area contributed by atoms with Gasteiger partial charge in [0, 0.05) is 19.2 Å². The van der Waals surface area contributed by atoms with Crippen molar-refractivity contribution < 1.29 is 4.74 Å². The van der Waals surface area contributed by atoms with Gasteiger partial charge in [0.1, 0.15) is 0 Å². The Morgan fingerprint density at radius 1 is 1.31 bits per heavy atom. The highest BCUT2D eigenvalue weighted by Crippen LogP contribution is 2.35. The van der Waals surface area contributed by atoms with Gasteiger partial charge in [-0.2, -0.15) is 0 Å². The van der Waals surface area contributed by atoms with E-state index in [0.717, 1.165) is 19.5 Å². The number of hydrogen-bond acceptors (Lipinski definition) is 3. The summed E-state index contributed by atoms with van der Waals surface area (Å²) in [5, 5.41) is 3.58. The van der Waals surface area contributed by atoms with E-state index in [1.165, 1.54) is 19.3 Å². The molecular formula is C13H28N2O. The second-order valence-corrected chi connectivity index (χ2v) is 5.86. The summed E-state index contributed by atoms with van der Waals surface area (Å²) < 4.78 is 5.41. The molecule has 0 spiro atoms. The van der Waals surface area contributed by atoms with Gasteiger partial charge in [-0.3, -0.25) is 0 Å². The maximum atomic E-state index is 5.41. The van der Waals surface area contributed by atoms with Gasteiger partial charge in [-0.05, 0) is 60.2 Å². The van der Waals surface area contributed by atoms with E-state index in [1.807, 2.05) is 0 Å². The first-order chi connectivity index (χ1) is 7.42. The van der Waals surface area contributed by atoms with Crippen LogP contribution in [0.25, 0.3) is 0 Å². The van der Waals surface area contributed by atoms with Crippen LogP contribution in [-0.2, 0) is 4.74 Å². The number of likely N-dealkylation sites (N-methyl/N-ethyl adjacent to an activating group) is 1. The van der Waals surface area contributed by atoms with Gasteiger partial charge in [-0.15, -0.1) is 0 Å². The van der Waals surface area contributed by atoms with Crippen LogP contribution in [0.4, 0.5) is 0 Å². The van der Waals surface area contributed by atoms with Crippen LogP contribution in [0.15, 0.2) is 0 Å². The van der Waals surface area contributed by atoms with Crippen molar-refractivity contribution in [3.63, 3.8) is 0 Å². The van der Waals surface area contributed by atoms with Crippen molar-refractivity contribution >= 4 is 0 Å². The minimum absolute atomic E-state index is 0.00209. The zero-order valence-electron chi connectivity index (χ0n) is 11.6. The van der Waals surface area contributed by atoms with Gasteiger partial charge in [0.05, 0.1) is 5.60 Å². The molecule has 0 heterocycles. The molecular weight excluding hydrogens is 200 g/mol. The van der Waals surface area contributed by atoms with E-state index in [2.05, 4.69) is 38.2 Å². The van der Waals surface area contributed by atoms with Gasteiger partial charge < -0.3 is 15.0 Å². The van der Waals surface area contributed by atoms with Crippen LogP contribution in [0, 0.1) is 0 Å². The van der Waals surface area contributed by atoms with E-state index in [-0.39, 0.29) is 5.60 Å². The van der Waals surface area contributed by atoms with Gasteiger partial charge in [0.15, 0.2) is 0 Å². The molecule has 3 nitrogen and oxygen atoms in total. The standard InChI is InChI=1S/C13H28N2O/c1-12(2,16-5)9-10-14-11-13(15(3)4)7-6-8-13/h14H,6-11H2,1-5H3. The predicted molar refractivity (Wildman–Crippen MR) is 68.8 cm³/mol. The maximum Gasteiger partial charge on any atom is 0.0634 e. The number of ether oxygens (including phenoxy) is 1. The lowest BCUT2D eigenvalue weighted by atomic mass is 9.75. The first-order valence-electron chi connectivity index (χ1n) is 6.35. The molecule has 0 aromatic carbocycles. The smallest absolute Gasteiger partial charge is 0.0634 e. The summed E-state index contributed by atoms with van der Waals surface area (Å²) in [7, 11) is 6.17. The van der Waals surface area contributed by atoms with E-state index >= 15 is 0 Å². The first kappa shape index (κ1) is 13.9. The van der Waals surface area contributed by atoms with Gasteiger partial charge in [0.25, 0.3) is 0 Å². The van der Waals surface area contributed by atoms with Crippen LogP contribution in [0.1, 0.15) is 39.5 Å². The molecule has 1 saturated carbocycles. The van der Waals surface area contributed by atoms with E-state index < -0.39 is 0 Å². The van der Waals surface area contributed by atoms with Crippen molar-refractivity contribution in [1.29, 1.82) is 0 Å². The monoisotopic (exact) mass is 228 g/mol. The third-order valence-corrected chi connectivity index (χ3v) is 4.14. The molecule has 96 valence electrons. The molecule has 0 bridgehead atoms. The van der Waals surface area contributed by atoms with E-state index in [4.69, 9.17) is 4.74 Å². The number of methoxy groups -OCH3 is 1. The summed E-state index contributed by atoms with van der Waals surface area (Å²) in [6.45, 7) is 6.43. The van der Waals surface area contributed by atoms with E-state index in [1.54, 1.807) is 7.11 Å². The molecule has 1 aliphatic rings. The lowest BCUT2D eigenvalue weighted by Gasteiger charge is -2.47. The molecule has 0 amide bonds. The van der Waals surface area contributed by atoms with E-state index in [9.17, 15) is 0 Å². The Kier molecular flexibility index (Phi) is 4.77. The first-order valence-corrected chi connectivity index (χ1v) is 6.35. The van der Waals surface area contributed by atoms with Crippen LogP contribution < -0.4 is 5.32 Å². The van der Waals surface area contributed by atoms with Crippen molar-refractivity contribution in [2.75, 3.05) is 34.3 Å². The minimum Gasteiger partial charge on any atom is -0.379 e. The largest absolute Gasteiger partial charge is 0.379 e. The molecule has 1 aliphatic carbocycles. The molecule has 1 rings (SSSR count). The molecule has 0 aliphatic heterocycles. The Bertz CT molecular complexity index is 210. The van der Waals surface area contributed by atoms with Gasteiger partial charge in [0.2, 0.25) is 0 Å². The molecule has 1 fully saturated rings. The lowest BCUT2D eigenvalue weighted by Crippen LogP contribution is -2.56. The number of nitrogens with one attached hydrogen (secondary N) is 1. The highest BCUT2D eigenvalue weighted by atomic mass is 16.5. The van der Waals surface area contributed by atoms with Crippen molar-refractivity contribution in [3.8, 4) is 0 Å². The summed E-state index contributed by atoms with van der Waals surface area (Å²) in [5.74, 6) is 0. The molecule has 1 N–H and O–H groups in total. The Balaban J connectivity index is 2.20. The molecule has 0 saturated heterocycles. The highest BCUT2D eigenvalue weighted by molar-refractivity contribution is 4.97. The van der Waals surface area contributed by atoms with Crippen molar-refractivity contribution in [3.05, 3.63) is 0 Å². The number of rotatable bonds is 7. The normalized spacial score (nSPS) is 19.9. The summed E-state index contributed by atoms with van der Waals surface area (Å²) in [4.78, 5) is 2.38. The molecule has 0 unspecified atom stereocenters. The van der Waals surface area contributed by atoms with Crippen LogP contribution in [0.2, 0.25) is 0 Å². The minimum atomic E-state index is -0.00209. The van der Waals surface area contributed by atoms with Gasteiger partial charge in [-0.1, -0.05) is 0 Å². The quantitative estimate of drug-likeness (QED) is 0.673. The van der Waals surface area contributed by atoms with E-state index in [0.29, 0.717) is 5.54 Å². The zero-order valence-corrected chi connectivity index (χ0v) is 11.6. The fourth-order valence-corrected chi connectivity index (χ4v) is 2.18. The SMILES string of the molecule is COC(C)(C)CCNCC1(N(C)C)CCC1. The second kappa shape index (κ2) is 5.48. The summed E-state index contributed by atoms with van der Waals surface area (Å²) in [5.41, 5.74) is 0.426.